The molecule has 0 unspecified atom stereocenters. The van der Waals surface area contributed by atoms with Crippen LogP contribution in [0.25, 0.3) is 0 Å². The number of halogens is 1. The van der Waals surface area contributed by atoms with E-state index in [1.165, 1.54) is 12.1 Å². The Hall–Kier alpha value is -5.09. The van der Waals surface area contributed by atoms with Crippen molar-refractivity contribution >= 4 is 23.4 Å². The molecular weight excluding hydrogens is 587 g/mol. The predicted molar refractivity (Wildman–Crippen MR) is 174 cm³/mol. The van der Waals surface area contributed by atoms with Crippen LogP contribution >= 0.6 is 0 Å². The Morgan fingerprint density at radius 3 is 2.11 bits per heavy atom. The number of carbonyl (C=O) groups is 2. The van der Waals surface area contributed by atoms with E-state index >= 15 is 0 Å². The lowest BCUT2D eigenvalue weighted by molar-refractivity contribution is -0.0302. The highest BCUT2D eigenvalue weighted by Gasteiger charge is 2.39. The second-order valence-electron chi connectivity index (χ2n) is 11.3. The number of benzene rings is 4. The summed E-state index contributed by atoms with van der Waals surface area (Å²) in [5.74, 6) is 1.13. The summed E-state index contributed by atoms with van der Waals surface area (Å²) in [6.07, 6.45) is 0.0232. The molecule has 2 fully saturated rings. The molecule has 9 nitrogen and oxygen atoms in total. The summed E-state index contributed by atoms with van der Waals surface area (Å²) in [5, 5.41) is 2.67. The van der Waals surface area contributed by atoms with E-state index in [0.29, 0.717) is 30.0 Å². The summed E-state index contributed by atoms with van der Waals surface area (Å²) in [4.78, 5) is 32.9. The van der Waals surface area contributed by atoms with Gasteiger partial charge in [0.05, 0.1) is 30.9 Å². The second-order valence-corrected chi connectivity index (χ2v) is 11.3. The number of esters is 1. The normalized spacial score (nSPS) is 18.5. The van der Waals surface area contributed by atoms with Crippen LogP contribution in [0.1, 0.15) is 16.8 Å². The van der Waals surface area contributed by atoms with Crippen LogP contribution in [-0.2, 0) is 4.74 Å². The molecule has 2 atom stereocenters. The monoisotopic (exact) mass is 624 g/mol. The molecule has 0 spiro atoms. The highest BCUT2D eigenvalue weighted by molar-refractivity contribution is 5.90. The van der Waals surface area contributed by atoms with Crippen LogP contribution in [0.2, 0.25) is 0 Å². The Balaban J connectivity index is 1.14. The van der Waals surface area contributed by atoms with Crippen molar-refractivity contribution in [2.45, 2.75) is 18.6 Å². The summed E-state index contributed by atoms with van der Waals surface area (Å²) < 4.78 is 31.6. The Labute approximate surface area is 268 Å². The number of nitrogens with zero attached hydrogens (tertiary/aromatic N) is 3. The molecule has 10 heteroatoms. The van der Waals surface area contributed by atoms with Gasteiger partial charge in [-0.3, -0.25) is 4.90 Å². The Morgan fingerprint density at radius 1 is 0.761 bits per heavy atom. The third-order valence-electron chi connectivity index (χ3n) is 8.48. The fourth-order valence-corrected chi connectivity index (χ4v) is 5.97. The first kappa shape index (κ1) is 30.9. The number of para-hydroxylation sites is 2. The van der Waals surface area contributed by atoms with Gasteiger partial charge in [-0.15, -0.1) is 0 Å². The standard InChI is InChI=1S/C36H37FN4O5/c1-44-28-17-13-27(14-18-28)39-21-23-40(24-22-39)33-19-20-41(36(43)38-32-10-6-5-9-31(32)37)25-34(33)46-35(42)26-11-15-30(16-12-26)45-29-7-3-2-4-8-29/h2-18,33-34H,19-25H2,1H3,(H,38,43)/t33-,34-/m1/s1. The largest absolute Gasteiger partial charge is 0.497 e. The summed E-state index contributed by atoms with van der Waals surface area (Å²) in [6, 6.07) is 29.8. The third kappa shape index (κ3) is 7.40. The molecule has 0 radical (unpaired) electrons. The molecule has 2 aliphatic rings. The van der Waals surface area contributed by atoms with Gasteiger partial charge in [-0.1, -0.05) is 30.3 Å². The zero-order chi connectivity index (χ0) is 31.9. The molecule has 0 aliphatic carbocycles. The van der Waals surface area contributed by atoms with Gasteiger partial charge in [0.2, 0.25) is 0 Å². The number of amides is 2. The fourth-order valence-electron chi connectivity index (χ4n) is 5.97. The molecule has 0 saturated carbocycles. The molecule has 2 saturated heterocycles. The van der Waals surface area contributed by atoms with Crippen molar-refractivity contribution < 1.29 is 28.2 Å². The molecule has 1 N–H and O–H groups in total. The van der Waals surface area contributed by atoms with Gasteiger partial charge < -0.3 is 29.3 Å². The van der Waals surface area contributed by atoms with Crippen molar-refractivity contribution in [1.82, 2.24) is 9.80 Å². The van der Waals surface area contributed by atoms with Crippen molar-refractivity contribution in [3.8, 4) is 17.2 Å². The van der Waals surface area contributed by atoms with Crippen molar-refractivity contribution in [3.63, 3.8) is 0 Å². The number of piperidine rings is 1. The van der Waals surface area contributed by atoms with Crippen LogP contribution in [0, 0.1) is 5.82 Å². The average Bonchev–Trinajstić information content (AvgIpc) is 3.10. The Bertz CT molecular complexity index is 1610. The van der Waals surface area contributed by atoms with Gasteiger partial charge in [0.1, 0.15) is 29.2 Å². The number of likely N-dealkylation sites (tertiary alicyclic amines) is 1. The van der Waals surface area contributed by atoms with Gasteiger partial charge in [0.15, 0.2) is 0 Å². The highest BCUT2D eigenvalue weighted by atomic mass is 19.1. The van der Waals surface area contributed by atoms with Crippen molar-refractivity contribution in [2.75, 3.05) is 56.6 Å². The molecule has 2 heterocycles. The van der Waals surface area contributed by atoms with Gasteiger partial charge in [0, 0.05) is 38.4 Å². The summed E-state index contributed by atoms with van der Waals surface area (Å²) in [7, 11) is 1.65. The number of urea groups is 1. The van der Waals surface area contributed by atoms with Crippen LogP contribution in [0.5, 0.6) is 17.2 Å². The van der Waals surface area contributed by atoms with E-state index in [4.69, 9.17) is 14.2 Å². The Morgan fingerprint density at radius 2 is 1.41 bits per heavy atom. The number of nitrogens with one attached hydrogen (secondary N) is 1. The van der Waals surface area contributed by atoms with Crippen LogP contribution in [0.15, 0.2) is 103 Å². The Kier molecular flexibility index (Phi) is 9.64. The summed E-state index contributed by atoms with van der Waals surface area (Å²) in [5.41, 5.74) is 1.62. The van der Waals surface area contributed by atoms with E-state index in [9.17, 15) is 14.0 Å². The number of piperazine rings is 1. The molecule has 2 aliphatic heterocycles. The van der Waals surface area contributed by atoms with Crippen LogP contribution < -0.4 is 19.7 Å². The van der Waals surface area contributed by atoms with Gasteiger partial charge in [0.25, 0.3) is 0 Å². The van der Waals surface area contributed by atoms with E-state index in [-0.39, 0.29) is 18.3 Å². The third-order valence-corrected chi connectivity index (χ3v) is 8.48. The second kappa shape index (κ2) is 14.3. The molecule has 46 heavy (non-hydrogen) atoms. The number of hydrogen-bond acceptors (Lipinski definition) is 7. The molecule has 2 amide bonds. The zero-order valence-electron chi connectivity index (χ0n) is 25.7. The zero-order valence-corrected chi connectivity index (χ0v) is 25.7. The summed E-state index contributed by atoms with van der Waals surface area (Å²) in [6.45, 7) is 3.80. The topological polar surface area (TPSA) is 83.6 Å². The van der Waals surface area contributed by atoms with Gasteiger partial charge >= 0.3 is 12.0 Å². The van der Waals surface area contributed by atoms with E-state index in [1.807, 2.05) is 42.5 Å². The van der Waals surface area contributed by atoms with Gasteiger partial charge in [-0.2, -0.15) is 0 Å². The van der Waals surface area contributed by atoms with Gasteiger partial charge in [-0.25, -0.2) is 14.0 Å². The molecule has 4 aromatic carbocycles. The number of carbonyl (C=O) groups excluding carboxylic acids is 2. The maximum Gasteiger partial charge on any atom is 0.338 e. The maximum atomic E-state index is 14.3. The lowest BCUT2D eigenvalue weighted by Gasteiger charge is -2.46. The van der Waals surface area contributed by atoms with Crippen LogP contribution in [0.3, 0.4) is 0 Å². The maximum absolute atomic E-state index is 14.3. The smallest absolute Gasteiger partial charge is 0.338 e. The molecule has 0 aromatic heterocycles. The molecular formula is C36H37FN4O5. The quantitative estimate of drug-likeness (QED) is 0.231. The molecule has 6 rings (SSSR count). The number of methoxy groups -OCH3 is 1. The highest BCUT2D eigenvalue weighted by Crippen LogP contribution is 2.27. The number of rotatable bonds is 8. The van der Waals surface area contributed by atoms with Gasteiger partial charge in [-0.05, 0) is 79.2 Å². The fraction of sp³-hybridized carbons (Fsp3) is 0.278. The minimum atomic E-state index is -0.583. The first-order chi connectivity index (χ1) is 22.5. The van der Waals surface area contributed by atoms with Crippen LogP contribution in [-0.4, -0.2) is 80.3 Å². The minimum Gasteiger partial charge on any atom is -0.497 e. The van der Waals surface area contributed by atoms with E-state index in [2.05, 4.69) is 27.2 Å². The van der Waals surface area contributed by atoms with Crippen LogP contribution in [0.4, 0.5) is 20.6 Å². The lowest BCUT2D eigenvalue weighted by atomic mass is 9.98. The summed E-state index contributed by atoms with van der Waals surface area (Å²) >= 11 is 0. The number of hydrogen-bond donors (Lipinski definition) is 1. The van der Waals surface area contributed by atoms with E-state index < -0.39 is 23.9 Å². The van der Waals surface area contributed by atoms with Crippen molar-refractivity contribution in [3.05, 3.63) is 115 Å². The van der Waals surface area contributed by atoms with Crippen molar-refractivity contribution in [2.24, 2.45) is 0 Å². The SMILES string of the molecule is COc1ccc(N2CCN([C@@H]3CCN(C(=O)Nc4ccccc4F)C[C@H]3OC(=O)c3ccc(Oc4ccccc4)cc3)CC2)cc1. The molecule has 238 valence electrons. The lowest BCUT2D eigenvalue weighted by Crippen LogP contribution is -2.60. The average molecular weight is 625 g/mol. The first-order valence-corrected chi connectivity index (χ1v) is 15.4. The van der Waals surface area contributed by atoms with E-state index in [0.717, 1.165) is 37.6 Å². The first-order valence-electron chi connectivity index (χ1n) is 15.4. The molecule has 0 bridgehead atoms. The minimum absolute atomic E-state index is 0.0832. The van der Waals surface area contributed by atoms with E-state index in [1.54, 1.807) is 48.4 Å². The number of anilines is 2. The number of ether oxygens (including phenoxy) is 3. The van der Waals surface area contributed by atoms with Crippen molar-refractivity contribution in [1.29, 1.82) is 0 Å². The predicted octanol–water partition coefficient (Wildman–Crippen LogP) is 6.28. The molecule has 4 aromatic rings.